The molecule has 0 aliphatic heterocycles. The Morgan fingerprint density at radius 2 is 1.67 bits per heavy atom. The van der Waals surface area contributed by atoms with Gasteiger partial charge in [-0.2, -0.15) is 5.10 Å². The molecular formula is C17H13Cl2N5O2S. The van der Waals surface area contributed by atoms with E-state index in [1.165, 1.54) is 12.1 Å². The third-order valence-corrected chi connectivity index (χ3v) is 5.44. The largest absolute Gasteiger partial charge is 0.276 e. The molecule has 0 fully saturated rings. The van der Waals surface area contributed by atoms with E-state index in [4.69, 9.17) is 11.6 Å². The first kappa shape index (κ1) is 19.1. The maximum atomic E-state index is 12.5. The van der Waals surface area contributed by atoms with Gasteiger partial charge in [0.1, 0.15) is 0 Å². The lowest BCUT2D eigenvalue weighted by atomic mass is 10.1. The molecule has 138 valence electrons. The summed E-state index contributed by atoms with van der Waals surface area (Å²) in [5, 5.41) is 7.61. The van der Waals surface area contributed by atoms with Crippen molar-refractivity contribution < 1.29 is 8.42 Å². The van der Waals surface area contributed by atoms with E-state index < -0.39 is 10.0 Å². The number of aromatic amines is 1. The number of sulfonamides is 1. The zero-order valence-corrected chi connectivity index (χ0v) is 16.0. The zero-order valence-electron chi connectivity index (χ0n) is 13.6. The molecule has 0 saturated carbocycles. The number of hydrogen-bond donors (Lipinski definition) is 2. The number of H-pyrrole nitrogens is 1. The summed E-state index contributed by atoms with van der Waals surface area (Å²) >= 11 is 6.09. The van der Waals surface area contributed by atoms with E-state index in [0.717, 1.165) is 10.9 Å². The van der Waals surface area contributed by atoms with Gasteiger partial charge >= 0.3 is 0 Å². The maximum absolute atomic E-state index is 12.5. The smallest absolute Gasteiger partial charge is 0.261 e. The van der Waals surface area contributed by atoms with Gasteiger partial charge in [-0.3, -0.25) is 9.82 Å². The molecule has 0 bridgehead atoms. The maximum Gasteiger partial charge on any atom is 0.261 e. The van der Waals surface area contributed by atoms with Gasteiger partial charge in [0.2, 0.25) is 0 Å². The van der Waals surface area contributed by atoms with Crippen molar-refractivity contribution in [3.05, 3.63) is 66.2 Å². The minimum atomic E-state index is -3.77. The summed E-state index contributed by atoms with van der Waals surface area (Å²) in [5.41, 5.74) is 2.31. The first-order chi connectivity index (χ1) is 12.5. The van der Waals surface area contributed by atoms with Gasteiger partial charge in [0.05, 0.1) is 16.8 Å². The lowest BCUT2D eigenvalue weighted by Crippen LogP contribution is -2.13. The van der Waals surface area contributed by atoms with Crippen LogP contribution in [0.1, 0.15) is 0 Å². The SMILES string of the molecule is Cl.O=S(=O)(Nc1cc(-c2cnc3[nH]ncc3c2)cnc1Cl)c1ccccc1. The minimum Gasteiger partial charge on any atom is -0.276 e. The first-order valence-corrected chi connectivity index (χ1v) is 9.42. The van der Waals surface area contributed by atoms with Crippen LogP contribution in [0.4, 0.5) is 5.69 Å². The predicted octanol–water partition coefficient (Wildman–Crippen LogP) is 3.90. The monoisotopic (exact) mass is 421 g/mol. The van der Waals surface area contributed by atoms with Gasteiger partial charge in [0.15, 0.2) is 10.8 Å². The molecule has 3 aromatic heterocycles. The molecule has 0 amide bonds. The Kier molecular flexibility index (Phi) is 5.31. The van der Waals surface area contributed by atoms with Crippen LogP contribution < -0.4 is 4.72 Å². The number of benzene rings is 1. The van der Waals surface area contributed by atoms with Crippen molar-refractivity contribution in [2.75, 3.05) is 4.72 Å². The Morgan fingerprint density at radius 1 is 0.963 bits per heavy atom. The van der Waals surface area contributed by atoms with Crippen molar-refractivity contribution in [3.63, 3.8) is 0 Å². The number of nitrogens with one attached hydrogen (secondary N) is 2. The van der Waals surface area contributed by atoms with E-state index >= 15 is 0 Å². The number of hydrogen-bond acceptors (Lipinski definition) is 5. The number of halogens is 2. The summed E-state index contributed by atoms with van der Waals surface area (Å²) in [5.74, 6) is 0. The standard InChI is InChI=1S/C17H12ClN5O2S.ClH/c18-16-15(23-26(24,25)14-4-2-1-3-5-14)7-12(8-19-16)11-6-13-10-21-22-17(13)20-9-11;/h1-10,23H,(H,20,21,22);1H. The number of rotatable bonds is 4. The number of aromatic nitrogens is 4. The number of fused-ring (bicyclic) bond motifs is 1. The molecule has 7 nitrogen and oxygen atoms in total. The van der Waals surface area contributed by atoms with Crippen LogP contribution in [-0.4, -0.2) is 28.6 Å². The molecule has 10 heteroatoms. The lowest BCUT2D eigenvalue weighted by molar-refractivity contribution is 0.601. The highest BCUT2D eigenvalue weighted by molar-refractivity contribution is 7.92. The summed E-state index contributed by atoms with van der Waals surface area (Å²) in [7, 11) is -3.77. The second-order valence-electron chi connectivity index (χ2n) is 5.51. The molecule has 0 saturated heterocycles. The fraction of sp³-hybridized carbons (Fsp3) is 0. The van der Waals surface area contributed by atoms with E-state index in [0.29, 0.717) is 11.2 Å². The Balaban J connectivity index is 0.00000210. The average Bonchev–Trinajstić information content (AvgIpc) is 3.12. The molecule has 0 spiro atoms. The van der Waals surface area contributed by atoms with E-state index in [1.54, 1.807) is 42.9 Å². The molecule has 0 aliphatic carbocycles. The molecule has 27 heavy (non-hydrogen) atoms. The topological polar surface area (TPSA) is 101 Å². The molecule has 4 rings (SSSR count). The summed E-state index contributed by atoms with van der Waals surface area (Å²) < 4.78 is 27.5. The molecule has 3 heterocycles. The van der Waals surface area contributed by atoms with Gasteiger partial charge in [-0.25, -0.2) is 18.4 Å². The summed E-state index contributed by atoms with van der Waals surface area (Å²) in [6.07, 6.45) is 4.88. The highest BCUT2D eigenvalue weighted by atomic mass is 35.5. The number of anilines is 1. The van der Waals surface area contributed by atoms with Crippen LogP contribution in [0.25, 0.3) is 22.2 Å². The highest BCUT2D eigenvalue weighted by Crippen LogP contribution is 2.29. The Hall–Kier alpha value is -2.68. The van der Waals surface area contributed by atoms with Crippen molar-refractivity contribution in [2.24, 2.45) is 0 Å². The molecule has 1 aromatic carbocycles. The van der Waals surface area contributed by atoms with Crippen molar-refractivity contribution in [2.45, 2.75) is 4.90 Å². The van der Waals surface area contributed by atoms with Gasteiger partial charge in [-0.1, -0.05) is 29.8 Å². The van der Waals surface area contributed by atoms with E-state index in [2.05, 4.69) is 24.9 Å². The Labute approximate surface area is 166 Å². The molecule has 0 unspecified atom stereocenters. The molecule has 0 aliphatic rings. The average molecular weight is 422 g/mol. The van der Waals surface area contributed by atoms with Crippen molar-refractivity contribution in [1.29, 1.82) is 0 Å². The number of pyridine rings is 2. The second kappa shape index (κ2) is 7.51. The molecular weight excluding hydrogens is 409 g/mol. The predicted molar refractivity (Wildman–Crippen MR) is 107 cm³/mol. The fourth-order valence-corrected chi connectivity index (χ4v) is 3.76. The minimum absolute atomic E-state index is 0. The normalized spacial score (nSPS) is 11.1. The van der Waals surface area contributed by atoms with Crippen LogP contribution in [0.15, 0.2) is 66.0 Å². The molecule has 0 radical (unpaired) electrons. The van der Waals surface area contributed by atoms with Gasteiger partial charge in [-0.05, 0) is 24.3 Å². The van der Waals surface area contributed by atoms with Crippen LogP contribution in [0.3, 0.4) is 0 Å². The Bertz CT molecular complexity index is 1200. The summed E-state index contributed by atoms with van der Waals surface area (Å²) in [6, 6.07) is 11.6. The van der Waals surface area contributed by atoms with Gasteiger partial charge < -0.3 is 0 Å². The summed E-state index contributed by atoms with van der Waals surface area (Å²) in [4.78, 5) is 8.50. The van der Waals surface area contributed by atoms with E-state index in [-0.39, 0.29) is 28.1 Å². The highest BCUT2D eigenvalue weighted by Gasteiger charge is 2.16. The third-order valence-electron chi connectivity index (χ3n) is 3.76. The Morgan fingerprint density at radius 3 is 2.44 bits per heavy atom. The quantitative estimate of drug-likeness (QED) is 0.486. The molecule has 4 aromatic rings. The van der Waals surface area contributed by atoms with Crippen molar-refractivity contribution in [1.82, 2.24) is 20.2 Å². The zero-order chi connectivity index (χ0) is 18.1. The second-order valence-corrected chi connectivity index (χ2v) is 7.55. The van der Waals surface area contributed by atoms with E-state index in [9.17, 15) is 8.42 Å². The molecule has 0 atom stereocenters. The van der Waals surface area contributed by atoms with E-state index in [1.807, 2.05) is 6.07 Å². The fourth-order valence-electron chi connectivity index (χ4n) is 2.48. The van der Waals surface area contributed by atoms with Crippen LogP contribution in [0.5, 0.6) is 0 Å². The summed E-state index contributed by atoms with van der Waals surface area (Å²) in [6.45, 7) is 0. The number of nitrogens with zero attached hydrogens (tertiary/aromatic N) is 3. The van der Waals surface area contributed by atoms with Gasteiger partial charge in [0.25, 0.3) is 10.0 Å². The van der Waals surface area contributed by atoms with Crippen LogP contribution in [0, 0.1) is 0 Å². The van der Waals surface area contributed by atoms with Crippen molar-refractivity contribution in [3.8, 4) is 11.1 Å². The lowest BCUT2D eigenvalue weighted by Gasteiger charge is -2.11. The third kappa shape index (κ3) is 3.87. The first-order valence-electron chi connectivity index (χ1n) is 7.56. The van der Waals surface area contributed by atoms with Gasteiger partial charge in [0, 0.05) is 28.9 Å². The van der Waals surface area contributed by atoms with Crippen molar-refractivity contribution >= 4 is 50.8 Å². The van der Waals surface area contributed by atoms with Gasteiger partial charge in [-0.15, -0.1) is 12.4 Å². The molecule has 2 N–H and O–H groups in total. The van der Waals surface area contributed by atoms with Crippen LogP contribution in [-0.2, 0) is 10.0 Å². The van der Waals surface area contributed by atoms with Crippen LogP contribution in [0.2, 0.25) is 5.15 Å². The van der Waals surface area contributed by atoms with Crippen LogP contribution >= 0.6 is 24.0 Å².